The lowest BCUT2D eigenvalue weighted by Gasteiger charge is -2.10. The quantitative estimate of drug-likeness (QED) is 0.492. The fourth-order valence-corrected chi connectivity index (χ4v) is 3.28. The minimum atomic E-state index is -1.08. The predicted molar refractivity (Wildman–Crippen MR) is 92.4 cm³/mol. The summed E-state index contributed by atoms with van der Waals surface area (Å²) >= 11 is 1.11. The molecule has 8 heteroatoms. The van der Waals surface area contributed by atoms with Gasteiger partial charge in [0, 0.05) is 12.6 Å². The third-order valence-corrected chi connectivity index (χ3v) is 4.94. The highest BCUT2D eigenvalue weighted by atomic mass is 32.2. The molecule has 1 atom stereocenters. The Labute approximate surface area is 152 Å². The van der Waals surface area contributed by atoms with Crippen LogP contribution in [0, 0.1) is 17.5 Å². The SMILES string of the molecule is C[C@H](Sc1nnc(-c2ccccc2F)n1C)C(=O)c1ccc(F)c(F)c1. The largest absolute Gasteiger partial charge is 0.305 e. The summed E-state index contributed by atoms with van der Waals surface area (Å²) in [7, 11) is 1.67. The van der Waals surface area contributed by atoms with Crippen molar-refractivity contribution in [1.29, 1.82) is 0 Å². The lowest BCUT2D eigenvalue weighted by molar-refractivity contribution is 0.0993. The van der Waals surface area contributed by atoms with Crippen molar-refractivity contribution in [2.24, 2.45) is 7.05 Å². The molecule has 0 N–H and O–H groups in total. The van der Waals surface area contributed by atoms with E-state index >= 15 is 0 Å². The predicted octanol–water partition coefficient (Wildman–Crippen LogP) is 4.26. The second kappa shape index (κ2) is 7.33. The zero-order valence-electron chi connectivity index (χ0n) is 13.9. The number of carbonyl (C=O) groups is 1. The van der Waals surface area contributed by atoms with Gasteiger partial charge in [-0.05, 0) is 37.3 Å². The number of hydrogen-bond acceptors (Lipinski definition) is 4. The van der Waals surface area contributed by atoms with E-state index in [0.717, 1.165) is 23.9 Å². The van der Waals surface area contributed by atoms with Crippen LogP contribution in [0.5, 0.6) is 0 Å². The number of carbonyl (C=O) groups excluding carboxylic acids is 1. The van der Waals surface area contributed by atoms with Crippen molar-refractivity contribution in [2.75, 3.05) is 0 Å². The second-order valence-corrected chi connectivity index (χ2v) is 6.91. The minimum Gasteiger partial charge on any atom is -0.305 e. The number of ketones is 1. The summed E-state index contributed by atoms with van der Waals surface area (Å²) in [6, 6.07) is 9.20. The van der Waals surface area contributed by atoms with E-state index in [1.165, 1.54) is 12.1 Å². The van der Waals surface area contributed by atoms with Gasteiger partial charge in [-0.15, -0.1) is 10.2 Å². The normalized spacial score (nSPS) is 12.2. The molecule has 2 aromatic carbocycles. The molecule has 0 saturated heterocycles. The molecule has 0 aliphatic heterocycles. The van der Waals surface area contributed by atoms with Crippen molar-refractivity contribution in [3.05, 3.63) is 65.5 Å². The number of aromatic nitrogens is 3. The number of halogens is 3. The highest BCUT2D eigenvalue weighted by molar-refractivity contribution is 8.00. The number of Topliss-reactive ketones (excluding diaryl/α,β-unsaturated/α-hetero) is 1. The molecule has 0 saturated carbocycles. The summed E-state index contributed by atoms with van der Waals surface area (Å²) in [6.07, 6.45) is 0. The molecule has 1 aromatic heterocycles. The molecule has 134 valence electrons. The highest BCUT2D eigenvalue weighted by Gasteiger charge is 2.22. The van der Waals surface area contributed by atoms with Crippen molar-refractivity contribution in [2.45, 2.75) is 17.3 Å². The highest BCUT2D eigenvalue weighted by Crippen LogP contribution is 2.28. The Hall–Kier alpha value is -2.61. The third kappa shape index (κ3) is 3.50. The van der Waals surface area contributed by atoms with Crippen LogP contribution < -0.4 is 0 Å². The summed E-state index contributed by atoms with van der Waals surface area (Å²) < 4.78 is 41.9. The van der Waals surface area contributed by atoms with Crippen LogP contribution in [0.4, 0.5) is 13.2 Å². The Balaban J connectivity index is 1.82. The first kappa shape index (κ1) is 18.2. The average Bonchev–Trinajstić information content (AvgIpc) is 2.97. The third-order valence-electron chi connectivity index (χ3n) is 3.81. The molecular formula is C18H14F3N3OS. The zero-order chi connectivity index (χ0) is 18.8. The second-order valence-electron chi connectivity index (χ2n) is 5.60. The van der Waals surface area contributed by atoms with Gasteiger partial charge in [-0.1, -0.05) is 23.9 Å². The lowest BCUT2D eigenvalue weighted by Crippen LogP contribution is -2.15. The molecule has 0 spiro atoms. The Morgan fingerprint density at radius 1 is 1.04 bits per heavy atom. The van der Waals surface area contributed by atoms with Crippen LogP contribution >= 0.6 is 11.8 Å². The van der Waals surface area contributed by atoms with Gasteiger partial charge in [-0.2, -0.15) is 0 Å². The summed E-state index contributed by atoms with van der Waals surface area (Å²) in [6.45, 7) is 1.63. The topological polar surface area (TPSA) is 47.8 Å². The minimum absolute atomic E-state index is 0.0698. The van der Waals surface area contributed by atoms with E-state index in [2.05, 4.69) is 10.2 Å². The van der Waals surface area contributed by atoms with E-state index in [-0.39, 0.29) is 11.3 Å². The molecule has 0 radical (unpaired) electrons. The number of thioether (sulfide) groups is 1. The van der Waals surface area contributed by atoms with Crippen LogP contribution in [0.3, 0.4) is 0 Å². The van der Waals surface area contributed by atoms with E-state index in [1.54, 1.807) is 36.7 Å². The van der Waals surface area contributed by atoms with E-state index in [0.29, 0.717) is 16.5 Å². The number of nitrogens with zero attached hydrogens (tertiary/aromatic N) is 3. The molecular weight excluding hydrogens is 363 g/mol. The Morgan fingerprint density at radius 2 is 1.77 bits per heavy atom. The zero-order valence-corrected chi connectivity index (χ0v) is 14.7. The van der Waals surface area contributed by atoms with Crippen LogP contribution in [-0.2, 0) is 7.05 Å². The smallest absolute Gasteiger partial charge is 0.191 e. The summed E-state index contributed by atoms with van der Waals surface area (Å²) in [4.78, 5) is 12.4. The van der Waals surface area contributed by atoms with E-state index < -0.39 is 22.7 Å². The molecule has 3 aromatic rings. The standard InChI is InChI=1S/C18H14F3N3OS/c1-10(16(25)11-7-8-14(20)15(21)9-11)26-18-23-22-17(24(18)2)12-5-3-4-6-13(12)19/h3-10H,1-2H3/t10-/m0/s1. The van der Waals surface area contributed by atoms with Gasteiger partial charge in [0.15, 0.2) is 28.4 Å². The molecule has 26 heavy (non-hydrogen) atoms. The summed E-state index contributed by atoms with van der Waals surface area (Å²) in [5.74, 6) is -2.55. The maximum Gasteiger partial charge on any atom is 0.191 e. The van der Waals surface area contributed by atoms with Gasteiger partial charge >= 0.3 is 0 Å². The average molecular weight is 377 g/mol. The molecule has 0 aliphatic rings. The fraction of sp³-hybridized carbons (Fsp3) is 0.167. The van der Waals surface area contributed by atoms with Crippen molar-refractivity contribution in [1.82, 2.24) is 14.8 Å². The van der Waals surface area contributed by atoms with E-state index in [1.807, 2.05) is 0 Å². The number of benzene rings is 2. The number of hydrogen-bond donors (Lipinski definition) is 0. The number of rotatable bonds is 5. The molecule has 0 aliphatic carbocycles. The van der Waals surface area contributed by atoms with Gasteiger partial charge in [-0.3, -0.25) is 4.79 Å². The fourth-order valence-electron chi connectivity index (χ4n) is 2.39. The summed E-state index contributed by atoms with van der Waals surface area (Å²) in [5, 5.41) is 7.79. The van der Waals surface area contributed by atoms with Crippen LogP contribution in [0.25, 0.3) is 11.4 Å². The first-order chi connectivity index (χ1) is 12.4. The van der Waals surface area contributed by atoms with E-state index in [4.69, 9.17) is 0 Å². The van der Waals surface area contributed by atoms with Crippen LogP contribution in [0.2, 0.25) is 0 Å². The van der Waals surface area contributed by atoms with Crippen molar-refractivity contribution >= 4 is 17.5 Å². The van der Waals surface area contributed by atoms with Gasteiger partial charge in [-0.25, -0.2) is 13.2 Å². The molecule has 0 fully saturated rings. The van der Waals surface area contributed by atoms with Gasteiger partial charge in [0.05, 0.1) is 10.8 Å². The van der Waals surface area contributed by atoms with Crippen molar-refractivity contribution in [3.8, 4) is 11.4 Å². The van der Waals surface area contributed by atoms with Gasteiger partial charge in [0.2, 0.25) is 0 Å². The molecule has 0 amide bonds. The molecule has 3 rings (SSSR count). The van der Waals surface area contributed by atoms with Crippen LogP contribution in [0.1, 0.15) is 17.3 Å². The van der Waals surface area contributed by atoms with Gasteiger partial charge < -0.3 is 4.57 Å². The maximum absolute atomic E-state index is 13.9. The molecule has 4 nitrogen and oxygen atoms in total. The maximum atomic E-state index is 13.9. The monoisotopic (exact) mass is 377 g/mol. The van der Waals surface area contributed by atoms with Gasteiger partial charge in [0.25, 0.3) is 0 Å². The molecule has 0 bridgehead atoms. The van der Waals surface area contributed by atoms with Crippen molar-refractivity contribution in [3.63, 3.8) is 0 Å². The van der Waals surface area contributed by atoms with Crippen LogP contribution in [0.15, 0.2) is 47.6 Å². The molecule has 1 heterocycles. The first-order valence-electron chi connectivity index (χ1n) is 7.68. The Bertz CT molecular complexity index is 974. The van der Waals surface area contributed by atoms with E-state index in [9.17, 15) is 18.0 Å². The summed E-state index contributed by atoms with van der Waals surface area (Å²) in [5.41, 5.74) is 0.370. The Kier molecular flexibility index (Phi) is 5.13. The Morgan fingerprint density at radius 3 is 2.46 bits per heavy atom. The van der Waals surface area contributed by atoms with Gasteiger partial charge in [0.1, 0.15) is 5.82 Å². The first-order valence-corrected chi connectivity index (χ1v) is 8.56. The lowest BCUT2D eigenvalue weighted by atomic mass is 10.1. The molecule has 0 unspecified atom stereocenters. The van der Waals surface area contributed by atoms with Crippen molar-refractivity contribution < 1.29 is 18.0 Å². The van der Waals surface area contributed by atoms with Crippen LogP contribution in [-0.4, -0.2) is 25.8 Å².